The summed E-state index contributed by atoms with van der Waals surface area (Å²) in [6, 6.07) is 1.83. The van der Waals surface area contributed by atoms with Gasteiger partial charge in [-0.2, -0.15) is 0 Å². The highest BCUT2D eigenvalue weighted by Gasteiger charge is 2.88. The van der Waals surface area contributed by atoms with E-state index in [0.717, 1.165) is 18.4 Å². The molecule has 1 aromatic rings. The Labute approximate surface area is 194 Å². The van der Waals surface area contributed by atoms with Gasteiger partial charge in [0.2, 0.25) is 0 Å². The molecule has 7 nitrogen and oxygen atoms in total. The number of carbonyl (C=O) groups excluding carboxylic acids is 1. The quantitative estimate of drug-likeness (QED) is 0.436. The molecule has 7 heteroatoms. The van der Waals surface area contributed by atoms with E-state index in [9.17, 15) is 20.1 Å². The molecule has 5 fully saturated rings. The van der Waals surface area contributed by atoms with Crippen LogP contribution in [0.25, 0.3) is 0 Å². The normalized spacial score (nSPS) is 56.6. The summed E-state index contributed by atoms with van der Waals surface area (Å²) in [5.74, 6) is -0.524. The van der Waals surface area contributed by atoms with Gasteiger partial charge in [-0.15, -0.1) is 0 Å². The maximum atomic E-state index is 13.1. The van der Waals surface area contributed by atoms with Crippen molar-refractivity contribution in [2.75, 3.05) is 0 Å². The van der Waals surface area contributed by atoms with E-state index < -0.39 is 57.8 Å². The number of rotatable bonds is 1. The Morgan fingerprint density at radius 2 is 1.67 bits per heavy atom. The number of fused-ring (bicyclic) bond motifs is 3. The summed E-state index contributed by atoms with van der Waals surface area (Å²) in [4.78, 5) is 13.1. The van der Waals surface area contributed by atoms with Gasteiger partial charge in [0.15, 0.2) is 6.10 Å². The molecule has 3 heterocycles. The molecule has 2 aliphatic heterocycles. The van der Waals surface area contributed by atoms with Gasteiger partial charge in [-0.1, -0.05) is 34.6 Å². The average Bonchev–Trinajstić information content (AvgIpc) is 3.32. The van der Waals surface area contributed by atoms with Crippen molar-refractivity contribution in [1.29, 1.82) is 0 Å². The van der Waals surface area contributed by atoms with Crippen LogP contribution < -0.4 is 0 Å². The van der Waals surface area contributed by atoms with Gasteiger partial charge in [-0.05, 0) is 42.6 Å². The molecule has 0 bridgehead atoms. The molecule has 2 saturated heterocycles. The fraction of sp³-hybridized carbons (Fsp3) is 0.808. The number of cyclic esters (lactones) is 1. The van der Waals surface area contributed by atoms with Gasteiger partial charge in [0.05, 0.1) is 30.8 Å². The van der Waals surface area contributed by atoms with E-state index in [1.54, 1.807) is 12.5 Å². The Balaban J connectivity index is 1.51. The molecule has 5 aliphatic rings. The van der Waals surface area contributed by atoms with Crippen molar-refractivity contribution in [1.82, 2.24) is 0 Å². The van der Waals surface area contributed by atoms with Crippen molar-refractivity contribution >= 4 is 5.97 Å². The fourth-order valence-electron chi connectivity index (χ4n) is 9.48. The van der Waals surface area contributed by atoms with E-state index in [1.165, 1.54) is 0 Å². The van der Waals surface area contributed by atoms with Crippen LogP contribution in [0.1, 0.15) is 72.0 Å². The van der Waals surface area contributed by atoms with Gasteiger partial charge < -0.3 is 29.2 Å². The van der Waals surface area contributed by atoms with Crippen LogP contribution in [0.5, 0.6) is 0 Å². The minimum absolute atomic E-state index is 0.0602. The molecule has 6 rings (SSSR count). The van der Waals surface area contributed by atoms with E-state index in [1.807, 2.05) is 6.07 Å². The minimum atomic E-state index is -0.881. The van der Waals surface area contributed by atoms with Crippen molar-refractivity contribution in [3.05, 3.63) is 24.2 Å². The number of esters is 1. The molecule has 11 atom stereocenters. The highest BCUT2D eigenvalue weighted by Crippen LogP contribution is 2.80. The van der Waals surface area contributed by atoms with Crippen LogP contribution in [0.4, 0.5) is 0 Å². The smallest absolute Gasteiger partial charge is 0.339 e. The molecule has 3 saturated carbocycles. The third-order valence-corrected chi connectivity index (χ3v) is 11.4. The molecule has 182 valence electrons. The molecule has 33 heavy (non-hydrogen) atoms. The van der Waals surface area contributed by atoms with E-state index in [0.29, 0.717) is 12.8 Å². The summed E-state index contributed by atoms with van der Waals surface area (Å²) in [6.07, 6.45) is 2.17. The molecule has 1 aromatic heterocycles. The lowest BCUT2D eigenvalue weighted by atomic mass is 9.34. The zero-order chi connectivity index (χ0) is 23.8. The van der Waals surface area contributed by atoms with E-state index >= 15 is 0 Å². The summed E-state index contributed by atoms with van der Waals surface area (Å²) in [7, 11) is 0. The lowest BCUT2D eigenvalue weighted by molar-refractivity contribution is -0.293. The van der Waals surface area contributed by atoms with Gasteiger partial charge in [0.1, 0.15) is 11.7 Å². The summed E-state index contributed by atoms with van der Waals surface area (Å²) < 4.78 is 17.6. The largest absolute Gasteiger partial charge is 0.472 e. The SMILES string of the molecule is CC1(C)[C@H](O)C[C@H](O)[C@]2(C)[C@H]3CC[C@@]4(C)[C@H](c5ccoc5)OC(=O)[C@H]5O[C@]54[C@]3(C)[C@H](O)C[C@@H]12. The number of carbonyl (C=O) groups is 1. The Hall–Kier alpha value is -1.41. The van der Waals surface area contributed by atoms with Crippen LogP contribution in [0.3, 0.4) is 0 Å². The predicted molar refractivity (Wildman–Crippen MR) is 117 cm³/mol. The molecule has 0 aromatic carbocycles. The lowest BCUT2D eigenvalue weighted by Gasteiger charge is -2.71. The molecule has 3 aliphatic carbocycles. The number of aliphatic hydroxyl groups excluding tert-OH is 3. The Morgan fingerprint density at radius 1 is 0.939 bits per heavy atom. The van der Waals surface area contributed by atoms with E-state index in [2.05, 4.69) is 34.6 Å². The number of aliphatic hydroxyl groups is 3. The van der Waals surface area contributed by atoms with Crippen molar-refractivity contribution in [2.24, 2.45) is 33.5 Å². The van der Waals surface area contributed by atoms with E-state index in [-0.39, 0.29) is 17.8 Å². The Kier molecular flexibility index (Phi) is 4.17. The maximum Gasteiger partial charge on any atom is 0.339 e. The first-order valence-electron chi connectivity index (χ1n) is 12.3. The van der Waals surface area contributed by atoms with Crippen LogP contribution in [0.15, 0.2) is 23.0 Å². The number of hydrogen-bond donors (Lipinski definition) is 3. The summed E-state index contributed by atoms with van der Waals surface area (Å²) in [5, 5.41) is 34.1. The molecular weight excluding hydrogens is 424 g/mol. The van der Waals surface area contributed by atoms with E-state index in [4.69, 9.17) is 13.9 Å². The zero-order valence-corrected chi connectivity index (χ0v) is 20.1. The van der Waals surface area contributed by atoms with Crippen molar-refractivity contribution in [3.8, 4) is 0 Å². The lowest BCUT2D eigenvalue weighted by Crippen LogP contribution is -2.75. The summed E-state index contributed by atoms with van der Waals surface area (Å²) in [6.45, 7) is 10.4. The number of hydrogen-bond acceptors (Lipinski definition) is 7. The molecule has 1 spiro atoms. The molecule has 0 radical (unpaired) electrons. The first-order chi connectivity index (χ1) is 15.4. The van der Waals surface area contributed by atoms with Gasteiger partial charge in [-0.3, -0.25) is 0 Å². The third kappa shape index (κ3) is 2.20. The monoisotopic (exact) mass is 460 g/mol. The van der Waals surface area contributed by atoms with Crippen LogP contribution in [0, 0.1) is 33.5 Å². The van der Waals surface area contributed by atoms with Crippen LogP contribution in [-0.2, 0) is 14.3 Å². The number of epoxide rings is 1. The van der Waals surface area contributed by atoms with Gasteiger partial charge in [0.25, 0.3) is 0 Å². The van der Waals surface area contributed by atoms with Crippen molar-refractivity contribution in [2.45, 2.75) is 96.4 Å². The second-order valence-electron chi connectivity index (χ2n) is 12.7. The molecule has 0 amide bonds. The predicted octanol–water partition coefficient (Wildman–Crippen LogP) is 2.98. The Morgan fingerprint density at radius 3 is 2.33 bits per heavy atom. The topological polar surface area (TPSA) is 113 Å². The fourth-order valence-corrected chi connectivity index (χ4v) is 9.48. The van der Waals surface area contributed by atoms with Crippen LogP contribution >= 0.6 is 0 Å². The highest BCUT2D eigenvalue weighted by molar-refractivity contribution is 5.82. The number of furan rings is 1. The first-order valence-corrected chi connectivity index (χ1v) is 12.3. The molecule has 0 unspecified atom stereocenters. The van der Waals surface area contributed by atoms with Gasteiger partial charge in [-0.25, -0.2) is 4.79 Å². The number of ether oxygens (including phenoxy) is 2. The Bertz CT molecular complexity index is 989. The second kappa shape index (κ2) is 6.23. The van der Waals surface area contributed by atoms with Crippen LogP contribution in [0.2, 0.25) is 0 Å². The second-order valence-corrected chi connectivity index (χ2v) is 12.7. The highest BCUT2D eigenvalue weighted by atomic mass is 16.7. The maximum absolute atomic E-state index is 13.1. The average molecular weight is 461 g/mol. The standard InChI is InChI=1S/C26H36O7/c1-22(2)15-10-18(29)25(5)14(24(15,4)17(28)11-16(22)27)6-8-23(3)19(13-7-9-31-12-13)32-21(30)20-26(23,25)33-20/h7,9,12,14-20,27-29H,6,8,10-11H2,1-5H3/t14-,15+,16-,17+,18-,19+,20-,23+,24-,25+,26-/m1/s1. The van der Waals surface area contributed by atoms with Crippen LogP contribution in [-0.4, -0.2) is 51.3 Å². The summed E-state index contributed by atoms with van der Waals surface area (Å²) in [5.41, 5.74) is -2.33. The van der Waals surface area contributed by atoms with Gasteiger partial charge in [0, 0.05) is 28.2 Å². The first kappa shape index (κ1) is 22.1. The molecular formula is C26H36O7. The zero-order valence-electron chi connectivity index (χ0n) is 20.1. The summed E-state index contributed by atoms with van der Waals surface area (Å²) >= 11 is 0. The minimum Gasteiger partial charge on any atom is -0.472 e. The van der Waals surface area contributed by atoms with Gasteiger partial charge >= 0.3 is 5.97 Å². The molecule has 3 N–H and O–H groups in total. The van der Waals surface area contributed by atoms with Crippen molar-refractivity contribution < 1.29 is 34.0 Å². The third-order valence-electron chi connectivity index (χ3n) is 11.4. The van der Waals surface area contributed by atoms with Crippen molar-refractivity contribution in [3.63, 3.8) is 0 Å².